The molecule has 9 heteroatoms. The van der Waals surface area contributed by atoms with Gasteiger partial charge in [-0.2, -0.15) is 0 Å². The van der Waals surface area contributed by atoms with Crippen molar-refractivity contribution in [3.8, 4) is 0 Å². The number of rotatable bonds is 5. The van der Waals surface area contributed by atoms with Crippen LogP contribution in [-0.4, -0.2) is 20.2 Å². The molecular formula is C14H9Cl3FNO3S. The highest BCUT2D eigenvalue weighted by Gasteiger charge is 2.28. The molecule has 2 aromatic rings. The number of nitrogens with zero attached hydrogens (tertiary/aromatic N) is 1. The average molecular weight is 397 g/mol. The molecule has 0 bridgehead atoms. The summed E-state index contributed by atoms with van der Waals surface area (Å²) in [4.78, 5) is 11.1. The zero-order valence-electron chi connectivity index (χ0n) is 11.3. The van der Waals surface area contributed by atoms with Gasteiger partial charge in [-0.1, -0.05) is 23.2 Å². The van der Waals surface area contributed by atoms with Gasteiger partial charge in [-0.05, 0) is 54.1 Å². The number of benzene rings is 2. The van der Waals surface area contributed by atoms with E-state index in [0.717, 1.165) is 28.6 Å². The molecule has 0 unspecified atom stereocenters. The second-order valence-electron chi connectivity index (χ2n) is 4.42. The van der Waals surface area contributed by atoms with Crippen LogP contribution in [0.3, 0.4) is 0 Å². The predicted molar refractivity (Wildman–Crippen MR) is 88.3 cm³/mol. The molecule has 0 saturated carbocycles. The van der Waals surface area contributed by atoms with E-state index in [1.807, 2.05) is 0 Å². The van der Waals surface area contributed by atoms with Gasteiger partial charge in [-0.3, -0.25) is 9.10 Å². The third-order valence-electron chi connectivity index (χ3n) is 2.85. The van der Waals surface area contributed by atoms with Gasteiger partial charge in [0.2, 0.25) is 5.24 Å². The first kappa shape index (κ1) is 18.0. The van der Waals surface area contributed by atoms with E-state index in [0.29, 0.717) is 5.02 Å². The Bertz CT molecular complexity index is 841. The van der Waals surface area contributed by atoms with E-state index >= 15 is 0 Å². The summed E-state index contributed by atoms with van der Waals surface area (Å²) in [5.74, 6) is -0.589. The Labute approximate surface area is 147 Å². The van der Waals surface area contributed by atoms with Gasteiger partial charge >= 0.3 is 0 Å². The van der Waals surface area contributed by atoms with Crippen LogP contribution >= 0.6 is 34.8 Å². The van der Waals surface area contributed by atoms with Crippen LogP contribution in [0.25, 0.3) is 0 Å². The van der Waals surface area contributed by atoms with Gasteiger partial charge in [0, 0.05) is 5.02 Å². The molecule has 4 nitrogen and oxygen atoms in total. The zero-order valence-corrected chi connectivity index (χ0v) is 14.4. The lowest BCUT2D eigenvalue weighted by molar-refractivity contribution is -0.110. The van der Waals surface area contributed by atoms with Crippen LogP contribution in [0.1, 0.15) is 0 Å². The number of carbonyl (C=O) groups excluding carboxylic acids is 1. The van der Waals surface area contributed by atoms with Crippen molar-refractivity contribution >= 4 is 55.8 Å². The third-order valence-corrected chi connectivity index (χ3v) is 5.28. The van der Waals surface area contributed by atoms with Crippen molar-refractivity contribution in [3.63, 3.8) is 0 Å². The van der Waals surface area contributed by atoms with Gasteiger partial charge in [0.25, 0.3) is 10.0 Å². The summed E-state index contributed by atoms with van der Waals surface area (Å²) in [7, 11) is -4.17. The van der Waals surface area contributed by atoms with E-state index in [-0.39, 0.29) is 15.6 Å². The summed E-state index contributed by atoms with van der Waals surface area (Å²) in [6.45, 7) is -0.636. The van der Waals surface area contributed by atoms with Crippen LogP contribution in [0.4, 0.5) is 10.1 Å². The van der Waals surface area contributed by atoms with E-state index in [2.05, 4.69) is 0 Å². The van der Waals surface area contributed by atoms with Crippen LogP contribution in [-0.2, 0) is 14.8 Å². The highest BCUT2D eigenvalue weighted by atomic mass is 35.5. The minimum absolute atomic E-state index is 0.0288. The van der Waals surface area contributed by atoms with Gasteiger partial charge < -0.3 is 0 Å². The molecule has 122 valence electrons. The lowest BCUT2D eigenvalue weighted by Crippen LogP contribution is -2.34. The summed E-state index contributed by atoms with van der Waals surface area (Å²) < 4.78 is 39.2. The van der Waals surface area contributed by atoms with Crippen molar-refractivity contribution in [2.75, 3.05) is 10.8 Å². The minimum atomic E-state index is -4.17. The number of hydrogen-bond acceptors (Lipinski definition) is 3. The molecule has 0 radical (unpaired) electrons. The second kappa shape index (κ2) is 7.05. The summed E-state index contributed by atoms with van der Waals surface area (Å²) in [6, 6.07) is 8.28. The van der Waals surface area contributed by atoms with Gasteiger partial charge in [0.15, 0.2) is 0 Å². The van der Waals surface area contributed by atoms with Crippen LogP contribution < -0.4 is 4.31 Å². The summed E-state index contributed by atoms with van der Waals surface area (Å²) in [6.07, 6.45) is 0. The second-order valence-corrected chi connectivity index (χ2v) is 7.54. The molecule has 0 fully saturated rings. The van der Waals surface area contributed by atoms with Gasteiger partial charge in [-0.25, -0.2) is 12.8 Å². The first-order valence-corrected chi connectivity index (χ1v) is 8.71. The first-order chi connectivity index (χ1) is 10.7. The Morgan fingerprint density at radius 1 is 1.09 bits per heavy atom. The maximum atomic E-state index is 13.0. The standard InChI is InChI=1S/C14H9Cl3FNO3S/c15-9-1-6-13(12(16)7-9)19(8-14(17)20)23(21,22)11-4-2-10(18)3-5-11/h1-7H,8H2. The fraction of sp³-hybridized carbons (Fsp3) is 0.0714. The lowest BCUT2D eigenvalue weighted by atomic mass is 10.3. The van der Waals surface area contributed by atoms with Crippen LogP contribution in [0.15, 0.2) is 47.4 Å². The molecule has 2 rings (SSSR count). The highest BCUT2D eigenvalue weighted by molar-refractivity contribution is 7.92. The fourth-order valence-electron chi connectivity index (χ4n) is 1.83. The molecule has 0 aliphatic heterocycles. The van der Waals surface area contributed by atoms with E-state index in [9.17, 15) is 17.6 Å². The molecule has 0 saturated heterocycles. The predicted octanol–water partition coefficient (Wildman–Crippen LogP) is 4.09. The summed E-state index contributed by atoms with van der Waals surface area (Å²) >= 11 is 17.2. The maximum absolute atomic E-state index is 13.0. The van der Waals surface area contributed by atoms with E-state index < -0.39 is 27.6 Å². The fourth-order valence-corrected chi connectivity index (χ4v) is 4.02. The summed E-state index contributed by atoms with van der Waals surface area (Å²) in [5.41, 5.74) is 0.0365. The normalized spacial score (nSPS) is 11.3. The highest BCUT2D eigenvalue weighted by Crippen LogP contribution is 2.32. The number of hydrogen-bond donors (Lipinski definition) is 0. The molecule has 23 heavy (non-hydrogen) atoms. The molecule has 0 atom stereocenters. The molecule has 0 amide bonds. The van der Waals surface area contributed by atoms with E-state index in [1.54, 1.807) is 0 Å². The number of sulfonamides is 1. The Morgan fingerprint density at radius 2 is 1.70 bits per heavy atom. The molecular weight excluding hydrogens is 388 g/mol. The van der Waals surface area contributed by atoms with E-state index in [1.165, 1.54) is 18.2 Å². The smallest absolute Gasteiger partial charge is 0.264 e. The van der Waals surface area contributed by atoms with Crippen molar-refractivity contribution in [2.45, 2.75) is 4.90 Å². The first-order valence-electron chi connectivity index (χ1n) is 6.13. The number of halogens is 4. The largest absolute Gasteiger partial charge is 0.279 e. The Balaban J connectivity index is 2.57. The monoisotopic (exact) mass is 395 g/mol. The average Bonchev–Trinajstić information content (AvgIpc) is 2.45. The quantitative estimate of drug-likeness (QED) is 0.715. The Kier molecular flexibility index (Phi) is 5.52. The van der Waals surface area contributed by atoms with Crippen molar-refractivity contribution in [1.82, 2.24) is 0 Å². The Hall–Kier alpha value is -1.34. The zero-order chi connectivity index (χ0) is 17.2. The maximum Gasteiger partial charge on any atom is 0.264 e. The number of anilines is 1. The van der Waals surface area contributed by atoms with Gasteiger partial charge in [0.1, 0.15) is 12.4 Å². The molecule has 0 heterocycles. The molecule has 0 N–H and O–H groups in total. The van der Waals surface area contributed by atoms with Crippen molar-refractivity contribution in [2.24, 2.45) is 0 Å². The number of carbonyl (C=O) groups is 1. The molecule has 2 aromatic carbocycles. The third kappa shape index (κ3) is 4.14. The van der Waals surface area contributed by atoms with E-state index in [4.69, 9.17) is 34.8 Å². The van der Waals surface area contributed by atoms with Crippen LogP contribution in [0.5, 0.6) is 0 Å². The topological polar surface area (TPSA) is 54.5 Å². The summed E-state index contributed by atoms with van der Waals surface area (Å²) in [5, 5.41) is -0.571. The Morgan fingerprint density at radius 3 is 2.22 bits per heavy atom. The molecule has 0 aliphatic rings. The van der Waals surface area contributed by atoms with Crippen molar-refractivity contribution in [3.05, 3.63) is 58.3 Å². The van der Waals surface area contributed by atoms with Gasteiger partial charge in [0.05, 0.1) is 15.6 Å². The van der Waals surface area contributed by atoms with Crippen LogP contribution in [0, 0.1) is 5.82 Å². The molecule has 0 spiro atoms. The van der Waals surface area contributed by atoms with Gasteiger partial charge in [-0.15, -0.1) is 0 Å². The minimum Gasteiger partial charge on any atom is -0.279 e. The van der Waals surface area contributed by atoms with Crippen molar-refractivity contribution in [1.29, 1.82) is 0 Å². The molecule has 0 aromatic heterocycles. The SMILES string of the molecule is O=C(Cl)CN(c1ccc(Cl)cc1Cl)S(=O)(=O)c1ccc(F)cc1. The van der Waals surface area contributed by atoms with Crippen LogP contribution in [0.2, 0.25) is 10.0 Å². The molecule has 0 aliphatic carbocycles. The lowest BCUT2D eigenvalue weighted by Gasteiger charge is -2.24. The van der Waals surface area contributed by atoms with Crippen molar-refractivity contribution < 1.29 is 17.6 Å².